The highest BCUT2D eigenvalue weighted by Gasteiger charge is 2.47. The fraction of sp³-hybridized carbons (Fsp3) is 0.450. The van der Waals surface area contributed by atoms with Crippen LogP contribution in [0.4, 0.5) is 0 Å². The minimum Gasteiger partial charge on any atom is -0.349 e. The first kappa shape index (κ1) is 13.6. The summed E-state index contributed by atoms with van der Waals surface area (Å²) < 4.78 is 0. The third-order valence-corrected chi connectivity index (χ3v) is 6.12. The third-order valence-electron chi connectivity index (χ3n) is 6.12. The van der Waals surface area contributed by atoms with Crippen molar-refractivity contribution in [3.8, 4) is 0 Å². The SMILES string of the molecule is O=C(NC1[C@@H]2CC3C[C@H]1CN(C3)C2)c1cccc2ccccc12. The molecule has 6 rings (SSSR count). The molecule has 3 unspecified atom stereocenters. The second-order valence-corrected chi connectivity index (χ2v) is 7.60. The Kier molecular flexibility index (Phi) is 2.99. The summed E-state index contributed by atoms with van der Waals surface area (Å²) in [4.78, 5) is 15.5. The number of amides is 1. The number of fused-ring (bicyclic) bond motifs is 1. The van der Waals surface area contributed by atoms with E-state index >= 15 is 0 Å². The fourth-order valence-electron chi connectivity index (χ4n) is 5.30. The highest BCUT2D eigenvalue weighted by molar-refractivity contribution is 6.07. The molecule has 0 aromatic heterocycles. The van der Waals surface area contributed by atoms with Crippen LogP contribution in [-0.2, 0) is 0 Å². The van der Waals surface area contributed by atoms with E-state index in [1.54, 1.807) is 0 Å². The van der Waals surface area contributed by atoms with Crippen LogP contribution in [0.5, 0.6) is 0 Å². The van der Waals surface area contributed by atoms with Crippen LogP contribution in [0.2, 0.25) is 0 Å². The Bertz CT molecular complexity index is 736. The molecular weight excluding hydrogens is 284 g/mol. The Labute approximate surface area is 136 Å². The number of nitrogens with one attached hydrogen (secondary N) is 1. The van der Waals surface area contributed by atoms with E-state index in [9.17, 15) is 4.79 Å². The van der Waals surface area contributed by atoms with Crippen molar-refractivity contribution >= 4 is 16.7 Å². The van der Waals surface area contributed by atoms with Crippen molar-refractivity contribution in [1.29, 1.82) is 0 Å². The van der Waals surface area contributed by atoms with Gasteiger partial charge in [0, 0.05) is 31.2 Å². The average molecular weight is 306 g/mol. The maximum Gasteiger partial charge on any atom is 0.252 e. The molecule has 5 atom stereocenters. The summed E-state index contributed by atoms with van der Waals surface area (Å²) >= 11 is 0. The number of hydrogen-bond acceptors (Lipinski definition) is 2. The number of rotatable bonds is 2. The van der Waals surface area contributed by atoms with Gasteiger partial charge in [0.15, 0.2) is 0 Å². The predicted molar refractivity (Wildman–Crippen MR) is 91.3 cm³/mol. The molecule has 4 aliphatic rings. The van der Waals surface area contributed by atoms with Gasteiger partial charge in [0.2, 0.25) is 0 Å². The van der Waals surface area contributed by atoms with E-state index in [0.717, 1.165) is 22.3 Å². The Morgan fingerprint density at radius 1 is 0.957 bits per heavy atom. The van der Waals surface area contributed by atoms with Gasteiger partial charge in [-0.1, -0.05) is 36.4 Å². The largest absolute Gasteiger partial charge is 0.349 e. The second-order valence-electron chi connectivity index (χ2n) is 7.60. The molecule has 0 spiro atoms. The Balaban J connectivity index is 1.43. The maximum atomic E-state index is 12.9. The van der Waals surface area contributed by atoms with E-state index in [1.165, 1.54) is 32.5 Å². The molecule has 0 radical (unpaired) electrons. The monoisotopic (exact) mass is 306 g/mol. The molecule has 3 nitrogen and oxygen atoms in total. The zero-order chi connectivity index (χ0) is 15.4. The van der Waals surface area contributed by atoms with Crippen molar-refractivity contribution in [2.45, 2.75) is 18.9 Å². The molecule has 3 saturated heterocycles. The van der Waals surface area contributed by atoms with Crippen molar-refractivity contribution in [2.24, 2.45) is 17.8 Å². The molecule has 1 aliphatic carbocycles. The third kappa shape index (κ3) is 2.18. The summed E-state index contributed by atoms with van der Waals surface area (Å²) in [6, 6.07) is 14.5. The number of carbonyl (C=O) groups is 1. The molecule has 4 fully saturated rings. The van der Waals surface area contributed by atoms with Gasteiger partial charge >= 0.3 is 0 Å². The summed E-state index contributed by atoms with van der Waals surface area (Å²) in [5.41, 5.74) is 0.817. The molecule has 23 heavy (non-hydrogen) atoms. The zero-order valence-electron chi connectivity index (χ0n) is 13.2. The summed E-state index contributed by atoms with van der Waals surface area (Å²) in [7, 11) is 0. The van der Waals surface area contributed by atoms with Crippen LogP contribution in [0.3, 0.4) is 0 Å². The molecule has 118 valence electrons. The summed E-state index contributed by atoms with van der Waals surface area (Å²) in [5.74, 6) is 2.29. The first-order valence-electron chi connectivity index (χ1n) is 8.79. The molecule has 3 aliphatic heterocycles. The lowest BCUT2D eigenvalue weighted by atomic mass is 9.65. The van der Waals surface area contributed by atoms with Crippen LogP contribution in [0, 0.1) is 17.8 Å². The van der Waals surface area contributed by atoms with E-state index in [-0.39, 0.29) is 5.91 Å². The number of piperidine rings is 3. The average Bonchev–Trinajstić information content (AvgIpc) is 2.57. The lowest BCUT2D eigenvalue weighted by molar-refractivity contribution is -0.0418. The summed E-state index contributed by atoms with van der Waals surface area (Å²) in [6.45, 7) is 3.64. The molecule has 3 heteroatoms. The smallest absolute Gasteiger partial charge is 0.252 e. The van der Waals surface area contributed by atoms with Gasteiger partial charge in [-0.15, -0.1) is 0 Å². The number of carbonyl (C=O) groups excluding carboxylic acids is 1. The van der Waals surface area contributed by atoms with Gasteiger partial charge in [0.25, 0.3) is 5.91 Å². The standard InChI is InChI=1S/C20H22N2O/c23-20(18-7-3-5-14-4-1-2-6-17(14)18)21-19-15-8-13-9-16(19)12-22(10-13)11-15/h1-7,13,15-16,19H,8-12H2,(H,21,23)/t13?,15-,16+,19?. The molecular formula is C20H22N2O. The number of nitrogens with zero attached hydrogens (tertiary/aromatic N) is 1. The highest BCUT2D eigenvalue weighted by Crippen LogP contribution is 2.43. The van der Waals surface area contributed by atoms with Crippen LogP contribution in [0.1, 0.15) is 23.2 Å². The van der Waals surface area contributed by atoms with E-state index in [0.29, 0.717) is 17.9 Å². The fourth-order valence-corrected chi connectivity index (χ4v) is 5.30. The summed E-state index contributed by atoms with van der Waals surface area (Å²) in [5, 5.41) is 5.60. The van der Waals surface area contributed by atoms with Gasteiger partial charge in [-0.05, 0) is 47.4 Å². The van der Waals surface area contributed by atoms with Gasteiger partial charge in [-0.25, -0.2) is 0 Å². The van der Waals surface area contributed by atoms with Gasteiger partial charge in [-0.2, -0.15) is 0 Å². The van der Waals surface area contributed by atoms with Crippen LogP contribution < -0.4 is 5.32 Å². The maximum absolute atomic E-state index is 12.9. The number of hydrogen-bond donors (Lipinski definition) is 1. The molecule has 1 N–H and O–H groups in total. The Morgan fingerprint density at radius 3 is 2.48 bits per heavy atom. The Hall–Kier alpha value is -1.87. The van der Waals surface area contributed by atoms with Crippen LogP contribution in [0.15, 0.2) is 42.5 Å². The topological polar surface area (TPSA) is 32.3 Å². The van der Waals surface area contributed by atoms with Crippen molar-refractivity contribution in [3.05, 3.63) is 48.0 Å². The van der Waals surface area contributed by atoms with E-state index in [4.69, 9.17) is 0 Å². The van der Waals surface area contributed by atoms with Crippen LogP contribution >= 0.6 is 0 Å². The molecule has 4 bridgehead atoms. The van der Waals surface area contributed by atoms with Crippen LogP contribution in [0.25, 0.3) is 10.8 Å². The first-order chi connectivity index (χ1) is 11.3. The second kappa shape index (κ2) is 5.07. The molecule has 1 saturated carbocycles. The normalized spacial score (nSPS) is 34.7. The van der Waals surface area contributed by atoms with Crippen molar-refractivity contribution in [1.82, 2.24) is 10.2 Å². The minimum absolute atomic E-state index is 0.106. The zero-order valence-corrected chi connectivity index (χ0v) is 13.2. The van der Waals surface area contributed by atoms with Crippen molar-refractivity contribution in [2.75, 3.05) is 19.6 Å². The molecule has 2 aromatic carbocycles. The van der Waals surface area contributed by atoms with Gasteiger partial charge in [0.05, 0.1) is 0 Å². The number of benzene rings is 2. The van der Waals surface area contributed by atoms with Gasteiger partial charge < -0.3 is 10.2 Å². The van der Waals surface area contributed by atoms with Crippen molar-refractivity contribution < 1.29 is 4.79 Å². The molecule has 1 amide bonds. The highest BCUT2D eigenvalue weighted by atomic mass is 16.1. The summed E-state index contributed by atoms with van der Waals surface area (Å²) in [6.07, 6.45) is 2.60. The van der Waals surface area contributed by atoms with Crippen molar-refractivity contribution in [3.63, 3.8) is 0 Å². The van der Waals surface area contributed by atoms with E-state index in [2.05, 4.69) is 22.3 Å². The Morgan fingerprint density at radius 2 is 1.70 bits per heavy atom. The minimum atomic E-state index is 0.106. The van der Waals surface area contributed by atoms with Crippen LogP contribution in [-0.4, -0.2) is 36.5 Å². The van der Waals surface area contributed by atoms with Gasteiger partial charge in [-0.3, -0.25) is 4.79 Å². The van der Waals surface area contributed by atoms with E-state index < -0.39 is 0 Å². The molecule has 3 heterocycles. The van der Waals surface area contributed by atoms with Gasteiger partial charge in [0.1, 0.15) is 0 Å². The first-order valence-corrected chi connectivity index (χ1v) is 8.79. The molecule has 2 aromatic rings. The predicted octanol–water partition coefficient (Wildman–Crippen LogP) is 2.91. The lowest BCUT2D eigenvalue weighted by Crippen LogP contribution is -2.64. The lowest BCUT2D eigenvalue weighted by Gasteiger charge is -2.55. The van der Waals surface area contributed by atoms with E-state index in [1.807, 2.05) is 30.3 Å². The quantitative estimate of drug-likeness (QED) is 0.925.